The Hall–Kier alpha value is -1.13. The van der Waals surface area contributed by atoms with Gasteiger partial charge in [0.2, 0.25) is 0 Å². The fraction of sp³-hybridized carbons (Fsp3) is 0.688. The molecule has 0 spiro atoms. The number of nitrogens with one attached hydrogen (secondary N) is 1. The van der Waals surface area contributed by atoms with Crippen LogP contribution in [0.3, 0.4) is 0 Å². The van der Waals surface area contributed by atoms with Gasteiger partial charge in [-0.25, -0.2) is 4.98 Å². The maximum atomic E-state index is 9.07. The number of anilines is 1. The van der Waals surface area contributed by atoms with E-state index in [0.717, 1.165) is 38.3 Å². The number of aliphatic hydroxyl groups excluding tert-OH is 1. The first-order valence-electron chi connectivity index (χ1n) is 7.87. The Morgan fingerprint density at radius 3 is 2.95 bits per heavy atom. The predicted molar refractivity (Wildman–Crippen MR) is 82.8 cm³/mol. The molecule has 1 saturated carbocycles. The third kappa shape index (κ3) is 4.18. The average Bonchev–Trinajstić information content (AvgIpc) is 2.42. The van der Waals surface area contributed by atoms with Crippen molar-refractivity contribution in [3.05, 3.63) is 23.9 Å². The van der Waals surface area contributed by atoms with Crippen LogP contribution in [0.4, 0.5) is 5.82 Å². The Balaban J connectivity index is 2.00. The number of pyridine rings is 1. The number of aliphatic hydroxyl groups is 1. The topological polar surface area (TPSA) is 48.4 Å². The molecule has 112 valence electrons. The minimum atomic E-state index is 0.275. The lowest BCUT2D eigenvalue weighted by Gasteiger charge is -2.37. The van der Waals surface area contributed by atoms with Crippen LogP contribution in [0.25, 0.3) is 0 Å². The maximum Gasteiger partial charge on any atom is 0.130 e. The molecule has 1 aromatic rings. The summed E-state index contributed by atoms with van der Waals surface area (Å²) in [4.78, 5) is 6.97. The van der Waals surface area contributed by atoms with E-state index in [4.69, 9.17) is 5.11 Å². The van der Waals surface area contributed by atoms with E-state index < -0.39 is 0 Å². The Labute approximate surface area is 122 Å². The van der Waals surface area contributed by atoms with Gasteiger partial charge >= 0.3 is 0 Å². The molecule has 20 heavy (non-hydrogen) atoms. The minimum Gasteiger partial charge on any atom is -0.396 e. The van der Waals surface area contributed by atoms with Crippen molar-refractivity contribution in [1.82, 2.24) is 9.88 Å². The summed E-state index contributed by atoms with van der Waals surface area (Å²) in [6.45, 7) is 5.31. The molecule has 1 fully saturated rings. The minimum absolute atomic E-state index is 0.275. The smallest absolute Gasteiger partial charge is 0.130 e. The lowest BCUT2D eigenvalue weighted by Crippen LogP contribution is -2.40. The van der Waals surface area contributed by atoms with E-state index in [0.29, 0.717) is 6.04 Å². The summed E-state index contributed by atoms with van der Waals surface area (Å²) in [5.74, 6) is 1.02. The zero-order valence-corrected chi connectivity index (χ0v) is 12.5. The highest BCUT2D eigenvalue weighted by Gasteiger charge is 2.25. The molecule has 4 nitrogen and oxygen atoms in total. The summed E-state index contributed by atoms with van der Waals surface area (Å²) in [6, 6.07) is 4.87. The molecule has 4 heteroatoms. The molecule has 2 rings (SSSR count). The summed E-state index contributed by atoms with van der Waals surface area (Å²) in [6.07, 6.45) is 7.74. The van der Waals surface area contributed by atoms with Crippen LogP contribution in [0.5, 0.6) is 0 Å². The van der Waals surface area contributed by atoms with E-state index >= 15 is 0 Å². The number of hydrogen-bond donors (Lipinski definition) is 2. The molecule has 0 aliphatic heterocycles. The Morgan fingerprint density at radius 1 is 1.45 bits per heavy atom. The van der Waals surface area contributed by atoms with Crippen molar-refractivity contribution >= 4 is 5.82 Å². The van der Waals surface area contributed by atoms with E-state index in [2.05, 4.69) is 28.2 Å². The predicted octanol–water partition coefficient (Wildman–Crippen LogP) is 2.64. The third-order valence-corrected chi connectivity index (χ3v) is 4.00. The van der Waals surface area contributed by atoms with Gasteiger partial charge in [0.05, 0.1) is 0 Å². The van der Waals surface area contributed by atoms with E-state index in [-0.39, 0.29) is 6.61 Å². The SMILES string of the molecule is CCCNc1ncccc1CN(CCCO)C1CCC1. The summed E-state index contributed by atoms with van der Waals surface area (Å²) in [5.41, 5.74) is 1.27. The van der Waals surface area contributed by atoms with Gasteiger partial charge in [0.1, 0.15) is 5.82 Å². The highest BCUT2D eigenvalue weighted by molar-refractivity contribution is 5.43. The molecule has 0 bridgehead atoms. The van der Waals surface area contributed by atoms with Crippen LogP contribution in [0.15, 0.2) is 18.3 Å². The standard InChI is InChI=1S/C16H27N3O/c1-2-9-17-16-14(6-4-10-18-16)13-19(11-5-12-20)15-7-3-8-15/h4,6,10,15,20H,2-3,5,7-9,11-13H2,1H3,(H,17,18). The Morgan fingerprint density at radius 2 is 2.30 bits per heavy atom. The molecule has 2 N–H and O–H groups in total. The van der Waals surface area contributed by atoms with Crippen LogP contribution in [0.2, 0.25) is 0 Å². The third-order valence-electron chi connectivity index (χ3n) is 4.00. The van der Waals surface area contributed by atoms with Gasteiger partial charge in [-0.3, -0.25) is 4.90 Å². The maximum absolute atomic E-state index is 9.07. The first-order chi connectivity index (χ1) is 9.85. The second-order valence-corrected chi connectivity index (χ2v) is 5.57. The van der Waals surface area contributed by atoms with Gasteiger partial charge in [0.25, 0.3) is 0 Å². The van der Waals surface area contributed by atoms with Crippen molar-refractivity contribution in [2.75, 3.05) is 25.0 Å². The van der Waals surface area contributed by atoms with Crippen LogP contribution in [-0.2, 0) is 6.54 Å². The van der Waals surface area contributed by atoms with Crippen molar-refractivity contribution in [2.45, 2.75) is 51.6 Å². The molecule has 1 aliphatic rings. The first-order valence-corrected chi connectivity index (χ1v) is 7.87. The summed E-state index contributed by atoms with van der Waals surface area (Å²) in [5, 5.41) is 12.5. The quantitative estimate of drug-likeness (QED) is 0.728. The van der Waals surface area contributed by atoms with Crippen molar-refractivity contribution in [3.8, 4) is 0 Å². The molecular weight excluding hydrogens is 250 g/mol. The number of hydrogen-bond acceptors (Lipinski definition) is 4. The first kappa shape index (κ1) is 15.3. The van der Waals surface area contributed by atoms with Crippen LogP contribution in [0, 0.1) is 0 Å². The molecule has 0 atom stereocenters. The normalized spacial score (nSPS) is 15.3. The van der Waals surface area contributed by atoms with Gasteiger partial charge in [-0.15, -0.1) is 0 Å². The van der Waals surface area contributed by atoms with Crippen molar-refractivity contribution in [3.63, 3.8) is 0 Å². The van der Waals surface area contributed by atoms with E-state index in [1.165, 1.54) is 24.8 Å². The molecule has 0 saturated heterocycles. The molecule has 1 heterocycles. The van der Waals surface area contributed by atoms with Crippen molar-refractivity contribution in [1.29, 1.82) is 0 Å². The van der Waals surface area contributed by atoms with Crippen LogP contribution in [0.1, 0.15) is 44.6 Å². The molecular formula is C16H27N3O. The monoisotopic (exact) mass is 277 g/mol. The van der Waals surface area contributed by atoms with Crippen molar-refractivity contribution in [2.24, 2.45) is 0 Å². The summed E-state index contributed by atoms with van der Waals surface area (Å²) < 4.78 is 0. The summed E-state index contributed by atoms with van der Waals surface area (Å²) >= 11 is 0. The van der Waals surface area contributed by atoms with Crippen LogP contribution < -0.4 is 5.32 Å². The second-order valence-electron chi connectivity index (χ2n) is 5.57. The lowest BCUT2D eigenvalue weighted by molar-refractivity contribution is 0.109. The summed E-state index contributed by atoms with van der Waals surface area (Å²) in [7, 11) is 0. The fourth-order valence-corrected chi connectivity index (χ4v) is 2.60. The van der Waals surface area contributed by atoms with Gasteiger partial charge < -0.3 is 10.4 Å². The van der Waals surface area contributed by atoms with E-state index in [9.17, 15) is 0 Å². The van der Waals surface area contributed by atoms with Crippen molar-refractivity contribution < 1.29 is 5.11 Å². The van der Waals surface area contributed by atoms with Crippen LogP contribution >= 0.6 is 0 Å². The van der Waals surface area contributed by atoms with Crippen LogP contribution in [-0.4, -0.2) is 40.7 Å². The number of nitrogens with zero attached hydrogens (tertiary/aromatic N) is 2. The van der Waals surface area contributed by atoms with Gasteiger partial charge in [-0.2, -0.15) is 0 Å². The van der Waals surface area contributed by atoms with Gasteiger partial charge in [0.15, 0.2) is 0 Å². The van der Waals surface area contributed by atoms with Gasteiger partial charge in [-0.05, 0) is 31.7 Å². The number of aromatic nitrogens is 1. The molecule has 0 unspecified atom stereocenters. The van der Waals surface area contributed by atoms with Gasteiger partial charge in [-0.1, -0.05) is 19.4 Å². The molecule has 0 aromatic carbocycles. The average molecular weight is 277 g/mol. The van der Waals surface area contributed by atoms with E-state index in [1.807, 2.05) is 12.3 Å². The fourth-order valence-electron chi connectivity index (χ4n) is 2.60. The molecule has 0 amide bonds. The second kappa shape index (κ2) is 8.22. The highest BCUT2D eigenvalue weighted by Crippen LogP contribution is 2.27. The Kier molecular flexibility index (Phi) is 6.27. The lowest BCUT2D eigenvalue weighted by atomic mass is 9.91. The highest BCUT2D eigenvalue weighted by atomic mass is 16.3. The zero-order valence-electron chi connectivity index (χ0n) is 12.5. The largest absolute Gasteiger partial charge is 0.396 e. The van der Waals surface area contributed by atoms with E-state index in [1.54, 1.807) is 0 Å². The Bertz CT molecular complexity index is 393. The van der Waals surface area contributed by atoms with Gasteiger partial charge in [0, 0.05) is 44.0 Å². The zero-order chi connectivity index (χ0) is 14.2. The molecule has 1 aromatic heterocycles. The molecule has 1 aliphatic carbocycles. The number of rotatable bonds is 9. The molecule has 0 radical (unpaired) electrons.